The molecule has 3 aromatic rings. The summed E-state index contributed by atoms with van der Waals surface area (Å²) in [6.45, 7) is 5.72. The molecular formula is C24H29N3. The van der Waals surface area contributed by atoms with Crippen LogP contribution in [0.15, 0.2) is 67.0 Å². The standard InChI is InChI=1S/C24H29N3/c1-26(17-20-5-3-2-4-6-20)18-21-10-13-27(14-11-21)19-22-7-8-24-16-25-12-9-23(24)15-22/h2-9,12,15-16,21H,10-11,13-14,17-19H2,1H3. The molecule has 3 heteroatoms. The van der Waals surface area contributed by atoms with Gasteiger partial charge in [0.1, 0.15) is 0 Å². The molecule has 3 nitrogen and oxygen atoms in total. The second kappa shape index (κ2) is 8.64. The molecule has 2 aromatic carbocycles. The molecule has 0 unspecified atom stereocenters. The Hall–Kier alpha value is -2.23. The highest BCUT2D eigenvalue weighted by Crippen LogP contribution is 2.22. The van der Waals surface area contributed by atoms with Crippen molar-refractivity contribution in [2.24, 2.45) is 5.92 Å². The Morgan fingerprint density at radius 3 is 2.59 bits per heavy atom. The molecule has 0 saturated carbocycles. The third-order valence-electron chi connectivity index (χ3n) is 5.68. The predicted octanol–water partition coefficient (Wildman–Crippen LogP) is 4.58. The van der Waals surface area contributed by atoms with Crippen molar-refractivity contribution in [3.8, 4) is 0 Å². The van der Waals surface area contributed by atoms with Crippen LogP contribution in [0.25, 0.3) is 10.8 Å². The zero-order chi connectivity index (χ0) is 18.5. The van der Waals surface area contributed by atoms with Crippen molar-refractivity contribution < 1.29 is 0 Å². The molecule has 2 heterocycles. The maximum absolute atomic E-state index is 4.20. The van der Waals surface area contributed by atoms with Gasteiger partial charge in [-0.3, -0.25) is 9.88 Å². The molecule has 1 aliphatic heterocycles. The fourth-order valence-corrected chi connectivity index (χ4v) is 4.22. The Balaban J connectivity index is 1.26. The van der Waals surface area contributed by atoms with Crippen molar-refractivity contribution in [1.82, 2.24) is 14.8 Å². The highest BCUT2D eigenvalue weighted by molar-refractivity contribution is 5.81. The van der Waals surface area contributed by atoms with Crippen LogP contribution in [0, 0.1) is 5.92 Å². The van der Waals surface area contributed by atoms with Crippen molar-refractivity contribution in [3.05, 3.63) is 78.1 Å². The highest BCUT2D eigenvalue weighted by atomic mass is 15.1. The van der Waals surface area contributed by atoms with Crippen LogP contribution in [0.3, 0.4) is 0 Å². The van der Waals surface area contributed by atoms with Crippen molar-refractivity contribution in [3.63, 3.8) is 0 Å². The summed E-state index contributed by atoms with van der Waals surface area (Å²) >= 11 is 0. The van der Waals surface area contributed by atoms with E-state index in [4.69, 9.17) is 0 Å². The number of hydrogen-bond acceptors (Lipinski definition) is 3. The van der Waals surface area contributed by atoms with Gasteiger partial charge in [-0.2, -0.15) is 0 Å². The fraction of sp³-hybridized carbons (Fsp3) is 0.375. The van der Waals surface area contributed by atoms with Gasteiger partial charge >= 0.3 is 0 Å². The molecule has 0 radical (unpaired) electrons. The van der Waals surface area contributed by atoms with Crippen molar-refractivity contribution in [2.75, 3.05) is 26.7 Å². The van der Waals surface area contributed by atoms with E-state index in [0.29, 0.717) is 0 Å². The number of piperidine rings is 1. The van der Waals surface area contributed by atoms with Crippen LogP contribution in [0.1, 0.15) is 24.0 Å². The van der Waals surface area contributed by atoms with Crippen LogP contribution in [-0.2, 0) is 13.1 Å². The minimum absolute atomic E-state index is 0.817. The van der Waals surface area contributed by atoms with E-state index in [1.807, 2.05) is 12.4 Å². The third-order valence-corrected chi connectivity index (χ3v) is 5.68. The first-order valence-electron chi connectivity index (χ1n) is 10.0. The van der Waals surface area contributed by atoms with Crippen LogP contribution < -0.4 is 0 Å². The van der Waals surface area contributed by atoms with Crippen LogP contribution in [0.2, 0.25) is 0 Å². The first-order chi connectivity index (χ1) is 13.3. The number of rotatable bonds is 6. The van der Waals surface area contributed by atoms with Crippen LogP contribution in [-0.4, -0.2) is 41.5 Å². The summed E-state index contributed by atoms with van der Waals surface area (Å²) < 4.78 is 0. The van der Waals surface area contributed by atoms with Crippen molar-refractivity contribution in [2.45, 2.75) is 25.9 Å². The third kappa shape index (κ3) is 4.94. The lowest BCUT2D eigenvalue weighted by Crippen LogP contribution is -2.37. The van der Waals surface area contributed by atoms with E-state index in [2.05, 4.69) is 76.4 Å². The second-order valence-corrected chi connectivity index (χ2v) is 7.96. The molecule has 1 aliphatic rings. The molecule has 0 N–H and O–H groups in total. The Morgan fingerprint density at radius 2 is 1.78 bits per heavy atom. The van der Waals surface area contributed by atoms with Gasteiger partial charge in [-0.1, -0.05) is 42.5 Å². The van der Waals surface area contributed by atoms with E-state index in [-0.39, 0.29) is 0 Å². The number of fused-ring (bicyclic) bond motifs is 1. The normalized spacial score (nSPS) is 16.2. The van der Waals surface area contributed by atoms with Gasteiger partial charge < -0.3 is 4.90 Å². The number of likely N-dealkylation sites (tertiary alicyclic amines) is 1. The number of pyridine rings is 1. The van der Waals surface area contributed by atoms with E-state index < -0.39 is 0 Å². The second-order valence-electron chi connectivity index (χ2n) is 7.96. The Bertz CT molecular complexity index is 854. The number of nitrogens with zero attached hydrogens (tertiary/aromatic N) is 3. The van der Waals surface area contributed by atoms with Gasteiger partial charge in [0.2, 0.25) is 0 Å². The molecule has 0 bridgehead atoms. The van der Waals surface area contributed by atoms with E-state index >= 15 is 0 Å². The van der Waals surface area contributed by atoms with E-state index in [0.717, 1.165) is 19.0 Å². The van der Waals surface area contributed by atoms with Gasteiger partial charge in [-0.05, 0) is 67.5 Å². The lowest BCUT2D eigenvalue weighted by molar-refractivity contribution is 0.147. The van der Waals surface area contributed by atoms with Crippen molar-refractivity contribution in [1.29, 1.82) is 0 Å². The molecule has 0 aliphatic carbocycles. The number of hydrogen-bond donors (Lipinski definition) is 0. The number of aromatic nitrogens is 1. The maximum Gasteiger partial charge on any atom is 0.0346 e. The zero-order valence-electron chi connectivity index (χ0n) is 16.2. The first kappa shape index (κ1) is 18.1. The lowest BCUT2D eigenvalue weighted by Gasteiger charge is -2.34. The minimum atomic E-state index is 0.817. The summed E-state index contributed by atoms with van der Waals surface area (Å²) in [5.74, 6) is 0.817. The molecule has 1 fully saturated rings. The van der Waals surface area contributed by atoms with E-state index in [1.54, 1.807) is 0 Å². The van der Waals surface area contributed by atoms with Gasteiger partial charge in [0.25, 0.3) is 0 Å². The maximum atomic E-state index is 4.20. The molecule has 27 heavy (non-hydrogen) atoms. The summed E-state index contributed by atoms with van der Waals surface area (Å²) in [5, 5.41) is 2.52. The van der Waals surface area contributed by atoms with Gasteiger partial charge in [-0.25, -0.2) is 0 Å². The van der Waals surface area contributed by atoms with Gasteiger partial charge in [0.05, 0.1) is 0 Å². The summed E-state index contributed by atoms with van der Waals surface area (Å²) in [5.41, 5.74) is 2.82. The molecular weight excluding hydrogens is 330 g/mol. The smallest absolute Gasteiger partial charge is 0.0346 e. The topological polar surface area (TPSA) is 19.4 Å². The SMILES string of the molecule is CN(Cc1ccccc1)CC1CCN(Cc2ccc3cnccc3c2)CC1. The molecule has 1 saturated heterocycles. The summed E-state index contributed by atoms with van der Waals surface area (Å²) in [7, 11) is 2.25. The Morgan fingerprint density at radius 1 is 0.963 bits per heavy atom. The van der Waals surface area contributed by atoms with Gasteiger partial charge in [-0.15, -0.1) is 0 Å². The molecule has 0 atom stereocenters. The molecule has 4 rings (SSSR count). The molecule has 140 valence electrons. The number of benzene rings is 2. The highest BCUT2D eigenvalue weighted by Gasteiger charge is 2.20. The average molecular weight is 360 g/mol. The summed E-state index contributed by atoms with van der Waals surface area (Å²) in [4.78, 5) is 9.29. The predicted molar refractivity (Wildman–Crippen MR) is 113 cm³/mol. The fourth-order valence-electron chi connectivity index (χ4n) is 4.22. The van der Waals surface area contributed by atoms with Crippen LogP contribution in [0.4, 0.5) is 0 Å². The summed E-state index contributed by atoms with van der Waals surface area (Å²) in [6, 6.07) is 19.7. The van der Waals surface area contributed by atoms with E-state index in [9.17, 15) is 0 Å². The van der Waals surface area contributed by atoms with Crippen LogP contribution >= 0.6 is 0 Å². The van der Waals surface area contributed by atoms with Crippen LogP contribution in [0.5, 0.6) is 0 Å². The van der Waals surface area contributed by atoms with E-state index in [1.165, 1.54) is 54.4 Å². The first-order valence-corrected chi connectivity index (χ1v) is 10.0. The Kier molecular flexibility index (Phi) is 5.81. The Labute approximate surface area is 162 Å². The van der Waals surface area contributed by atoms with Crippen molar-refractivity contribution >= 4 is 10.8 Å². The molecule has 1 aromatic heterocycles. The largest absolute Gasteiger partial charge is 0.302 e. The quantitative estimate of drug-likeness (QED) is 0.642. The lowest BCUT2D eigenvalue weighted by atomic mass is 9.95. The minimum Gasteiger partial charge on any atom is -0.302 e. The molecule has 0 spiro atoms. The van der Waals surface area contributed by atoms with Gasteiger partial charge in [0.15, 0.2) is 0 Å². The summed E-state index contributed by atoms with van der Waals surface area (Å²) in [6.07, 6.45) is 6.42. The molecule has 0 amide bonds. The zero-order valence-corrected chi connectivity index (χ0v) is 16.2. The van der Waals surface area contributed by atoms with Gasteiger partial charge in [0, 0.05) is 37.4 Å². The average Bonchev–Trinajstić information content (AvgIpc) is 2.70. The monoisotopic (exact) mass is 359 g/mol.